The summed E-state index contributed by atoms with van der Waals surface area (Å²) in [5, 5.41) is 10.7. The third-order valence-corrected chi connectivity index (χ3v) is 9.27. The van der Waals surface area contributed by atoms with Crippen LogP contribution in [0.2, 0.25) is 0 Å². The first kappa shape index (κ1) is 30.7. The average Bonchev–Trinajstić information content (AvgIpc) is 3.65. The number of allylic oxidation sites excluding steroid dienone is 1. The molecule has 2 aromatic rings. The van der Waals surface area contributed by atoms with Crippen LogP contribution < -0.4 is 4.90 Å². The van der Waals surface area contributed by atoms with Gasteiger partial charge in [-0.3, -0.25) is 14.4 Å². The standard InChI is InChI=1S/C35H42N2O6/c1-5-7-8-12-21-42-34(41)28-27-18-19-35(43-27)29(28)32(39)37(26(22-38)25-16-10-9-11-17-25)31(35)33(40)36(20-6-2)30-23(3)14-13-15-24(30)4/h5-6,9-11,13-17,26-29,31,38H,1-2,7-8,12,18-22H2,3-4H3/t26-,27-,28+,29+,31?,35?/m1/s1. The molecule has 0 saturated carbocycles. The molecule has 3 saturated heterocycles. The fourth-order valence-electron chi connectivity index (χ4n) is 7.46. The molecular formula is C35H42N2O6. The molecule has 3 aliphatic heterocycles. The Morgan fingerprint density at radius 2 is 1.84 bits per heavy atom. The van der Waals surface area contributed by atoms with Gasteiger partial charge in [0.25, 0.3) is 5.91 Å². The van der Waals surface area contributed by atoms with Crippen molar-refractivity contribution in [3.8, 4) is 0 Å². The third kappa shape index (κ3) is 5.31. The van der Waals surface area contributed by atoms with Crippen LogP contribution in [0.4, 0.5) is 5.69 Å². The molecule has 2 unspecified atom stereocenters. The van der Waals surface area contributed by atoms with Gasteiger partial charge in [-0.1, -0.05) is 60.7 Å². The molecule has 1 spiro atoms. The van der Waals surface area contributed by atoms with E-state index in [1.807, 2.05) is 68.5 Å². The van der Waals surface area contributed by atoms with E-state index in [2.05, 4.69) is 13.2 Å². The van der Waals surface area contributed by atoms with Crippen molar-refractivity contribution >= 4 is 23.5 Å². The lowest BCUT2D eigenvalue weighted by Gasteiger charge is -2.40. The van der Waals surface area contributed by atoms with Gasteiger partial charge in [0, 0.05) is 12.2 Å². The number of likely N-dealkylation sites (tertiary alicyclic amines) is 1. The molecule has 2 aromatic carbocycles. The van der Waals surface area contributed by atoms with Gasteiger partial charge in [0.2, 0.25) is 5.91 Å². The van der Waals surface area contributed by atoms with Crippen LogP contribution in [-0.2, 0) is 23.9 Å². The van der Waals surface area contributed by atoms with Gasteiger partial charge in [-0.25, -0.2) is 0 Å². The largest absolute Gasteiger partial charge is 0.465 e. The summed E-state index contributed by atoms with van der Waals surface area (Å²) >= 11 is 0. The highest BCUT2D eigenvalue weighted by molar-refractivity contribution is 6.05. The van der Waals surface area contributed by atoms with Gasteiger partial charge >= 0.3 is 5.97 Å². The quantitative estimate of drug-likeness (QED) is 0.205. The van der Waals surface area contributed by atoms with E-state index in [-0.39, 0.29) is 25.0 Å². The number of nitrogens with zero attached hydrogens (tertiary/aromatic N) is 2. The predicted octanol–water partition coefficient (Wildman–Crippen LogP) is 4.83. The van der Waals surface area contributed by atoms with E-state index in [9.17, 15) is 19.5 Å². The Morgan fingerprint density at radius 3 is 2.49 bits per heavy atom. The minimum absolute atomic E-state index is 0.221. The Kier molecular flexibility index (Phi) is 9.18. The number of para-hydroxylation sites is 1. The van der Waals surface area contributed by atoms with E-state index in [0.29, 0.717) is 24.8 Å². The number of aryl methyl sites for hydroxylation is 2. The molecule has 0 radical (unpaired) electrons. The summed E-state index contributed by atoms with van der Waals surface area (Å²) in [6.07, 6.45) is 6.36. The van der Waals surface area contributed by atoms with Gasteiger partial charge in [0.15, 0.2) is 0 Å². The second-order valence-corrected chi connectivity index (χ2v) is 11.8. The number of rotatable bonds is 13. The lowest BCUT2D eigenvalue weighted by molar-refractivity contribution is -0.156. The number of esters is 1. The van der Waals surface area contributed by atoms with E-state index < -0.39 is 48.2 Å². The summed E-state index contributed by atoms with van der Waals surface area (Å²) in [4.78, 5) is 46.2. The normalized spacial score (nSPS) is 26.2. The minimum Gasteiger partial charge on any atom is -0.465 e. The highest BCUT2D eigenvalue weighted by atomic mass is 16.6. The number of aliphatic hydroxyl groups excluding tert-OH is 1. The number of unbranched alkanes of at least 4 members (excludes halogenated alkanes) is 2. The molecule has 1 N–H and O–H groups in total. The summed E-state index contributed by atoms with van der Waals surface area (Å²) in [7, 11) is 0. The van der Waals surface area contributed by atoms with Crippen LogP contribution >= 0.6 is 0 Å². The second-order valence-electron chi connectivity index (χ2n) is 11.8. The smallest absolute Gasteiger partial charge is 0.312 e. The van der Waals surface area contributed by atoms with Crippen molar-refractivity contribution in [3.63, 3.8) is 0 Å². The molecule has 3 heterocycles. The summed E-state index contributed by atoms with van der Waals surface area (Å²) < 4.78 is 12.3. The molecule has 8 nitrogen and oxygen atoms in total. The van der Waals surface area contributed by atoms with Crippen molar-refractivity contribution in [2.24, 2.45) is 11.8 Å². The van der Waals surface area contributed by atoms with Crippen LogP contribution in [0.25, 0.3) is 0 Å². The number of amides is 2. The predicted molar refractivity (Wildman–Crippen MR) is 164 cm³/mol. The monoisotopic (exact) mass is 586 g/mol. The fourth-order valence-corrected chi connectivity index (χ4v) is 7.46. The Balaban J connectivity index is 1.58. The van der Waals surface area contributed by atoms with Gasteiger partial charge in [0.1, 0.15) is 11.6 Å². The van der Waals surface area contributed by atoms with Gasteiger partial charge in [0.05, 0.1) is 37.2 Å². The van der Waals surface area contributed by atoms with E-state index >= 15 is 0 Å². The summed E-state index contributed by atoms with van der Waals surface area (Å²) in [5.41, 5.74) is 2.06. The first-order chi connectivity index (χ1) is 20.8. The van der Waals surface area contributed by atoms with Crippen molar-refractivity contribution in [1.29, 1.82) is 0 Å². The number of aliphatic hydroxyl groups is 1. The number of anilines is 1. The maximum atomic E-state index is 14.9. The van der Waals surface area contributed by atoms with Crippen LogP contribution in [0.3, 0.4) is 0 Å². The van der Waals surface area contributed by atoms with Crippen LogP contribution in [0, 0.1) is 25.7 Å². The Morgan fingerprint density at radius 1 is 1.12 bits per heavy atom. The number of hydrogen-bond acceptors (Lipinski definition) is 6. The van der Waals surface area contributed by atoms with E-state index in [4.69, 9.17) is 9.47 Å². The molecule has 0 aliphatic carbocycles. The van der Waals surface area contributed by atoms with Crippen molar-refractivity contribution < 1.29 is 29.0 Å². The number of hydrogen-bond donors (Lipinski definition) is 1. The lowest BCUT2D eigenvalue weighted by atomic mass is 9.70. The van der Waals surface area contributed by atoms with Crippen LogP contribution in [0.1, 0.15) is 54.8 Å². The molecule has 5 rings (SSSR count). The molecule has 0 aromatic heterocycles. The fraction of sp³-hybridized carbons (Fsp3) is 0.457. The zero-order chi connectivity index (χ0) is 30.7. The van der Waals surface area contributed by atoms with E-state index in [0.717, 1.165) is 29.7 Å². The van der Waals surface area contributed by atoms with Crippen LogP contribution in [-0.4, -0.2) is 65.3 Å². The average molecular weight is 587 g/mol. The lowest BCUT2D eigenvalue weighted by Crippen LogP contribution is -2.57. The molecule has 8 heteroatoms. The topological polar surface area (TPSA) is 96.4 Å². The van der Waals surface area contributed by atoms with Gasteiger partial charge in [-0.05, 0) is 62.6 Å². The maximum Gasteiger partial charge on any atom is 0.312 e. The molecule has 3 fully saturated rings. The van der Waals surface area contributed by atoms with Crippen molar-refractivity contribution in [2.75, 3.05) is 24.7 Å². The number of carbonyl (C=O) groups is 3. The summed E-state index contributed by atoms with van der Waals surface area (Å²) in [6.45, 7) is 11.6. The molecule has 6 atom stereocenters. The number of fused-ring (bicyclic) bond motifs is 1. The molecule has 2 bridgehead atoms. The SMILES string of the molecule is C=CCCCCOC(=O)[C@@H]1[C@H]2C(=O)N([C@H](CO)c3ccccc3)C(C(=O)N(CC=C)c3c(C)cccc3C)C23CC[C@H]1O3. The van der Waals surface area contributed by atoms with Crippen LogP contribution in [0.15, 0.2) is 73.8 Å². The molecule has 43 heavy (non-hydrogen) atoms. The minimum atomic E-state index is -1.22. The maximum absolute atomic E-state index is 14.9. The number of ether oxygens (including phenoxy) is 2. The molecule has 2 amide bonds. The Hall–Kier alpha value is -3.75. The van der Waals surface area contributed by atoms with Crippen molar-refractivity contribution in [2.45, 2.75) is 69.7 Å². The Bertz CT molecular complexity index is 1360. The molecular weight excluding hydrogens is 544 g/mol. The van der Waals surface area contributed by atoms with Gasteiger partial charge < -0.3 is 24.4 Å². The summed E-state index contributed by atoms with van der Waals surface area (Å²) in [6, 6.07) is 13.2. The van der Waals surface area contributed by atoms with E-state index in [1.54, 1.807) is 11.0 Å². The van der Waals surface area contributed by atoms with Gasteiger partial charge in [-0.15, -0.1) is 13.2 Å². The highest BCUT2D eigenvalue weighted by Gasteiger charge is 2.75. The molecule has 3 aliphatic rings. The summed E-state index contributed by atoms with van der Waals surface area (Å²) in [5.74, 6) is -2.85. The zero-order valence-electron chi connectivity index (χ0n) is 25.1. The number of benzene rings is 2. The number of carbonyl (C=O) groups excluding carboxylic acids is 3. The molecule has 228 valence electrons. The third-order valence-electron chi connectivity index (χ3n) is 9.27. The van der Waals surface area contributed by atoms with E-state index in [1.165, 1.54) is 4.90 Å². The first-order valence-corrected chi connectivity index (χ1v) is 15.2. The first-order valence-electron chi connectivity index (χ1n) is 15.2. The second kappa shape index (κ2) is 12.9. The Labute approximate surface area is 254 Å². The van der Waals surface area contributed by atoms with Crippen molar-refractivity contribution in [1.82, 2.24) is 4.90 Å². The van der Waals surface area contributed by atoms with Gasteiger partial charge in [-0.2, -0.15) is 0 Å². The van der Waals surface area contributed by atoms with Crippen molar-refractivity contribution in [3.05, 3.63) is 90.5 Å². The highest BCUT2D eigenvalue weighted by Crippen LogP contribution is 2.60. The zero-order valence-corrected chi connectivity index (χ0v) is 25.1. The van der Waals surface area contributed by atoms with Crippen LogP contribution in [0.5, 0.6) is 0 Å².